The Hall–Kier alpha value is -2.88. The molecule has 112 valence electrons. The summed E-state index contributed by atoms with van der Waals surface area (Å²) >= 11 is 0. The van der Waals surface area contributed by atoms with Crippen molar-refractivity contribution in [3.63, 3.8) is 0 Å². The molecule has 0 radical (unpaired) electrons. The number of carbonyl (C=O) groups is 1. The number of hydrogen-bond donors (Lipinski definition) is 1. The molecule has 0 heterocycles. The molecule has 0 unspecified atom stereocenters. The average molecular weight is 294 g/mol. The number of para-hydroxylation sites is 1. The first-order chi connectivity index (χ1) is 10.7. The van der Waals surface area contributed by atoms with E-state index >= 15 is 0 Å². The maximum atomic E-state index is 11.9. The molecule has 4 heteroatoms. The maximum Gasteiger partial charge on any atom is 0.271 e. The third-order valence-corrected chi connectivity index (χ3v) is 3.13. The van der Waals surface area contributed by atoms with Crippen LogP contribution in [0.3, 0.4) is 0 Å². The summed E-state index contributed by atoms with van der Waals surface area (Å²) in [5.41, 5.74) is 4.98. The van der Waals surface area contributed by atoms with E-state index in [1.807, 2.05) is 55.5 Å². The van der Waals surface area contributed by atoms with Crippen LogP contribution in [0.1, 0.15) is 21.5 Å². The summed E-state index contributed by atoms with van der Waals surface area (Å²) in [4.78, 5) is 11.9. The fourth-order valence-corrected chi connectivity index (χ4v) is 1.98. The van der Waals surface area contributed by atoms with Gasteiger partial charge in [-0.2, -0.15) is 5.10 Å². The van der Waals surface area contributed by atoms with Crippen LogP contribution in [0.4, 0.5) is 0 Å². The molecule has 0 aliphatic carbocycles. The molecule has 2 aromatic carbocycles. The molecule has 2 rings (SSSR count). The van der Waals surface area contributed by atoms with Crippen LogP contribution in [-0.4, -0.2) is 19.2 Å². The Morgan fingerprint density at radius 1 is 1.14 bits per heavy atom. The molecule has 0 saturated heterocycles. The van der Waals surface area contributed by atoms with Gasteiger partial charge in [0.25, 0.3) is 5.91 Å². The molecule has 0 aromatic heterocycles. The Balaban J connectivity index is 1.95. The van der Waals surface area contributed by atoms with Crippen molar-refractivity contribution in [2.45, 2.75) is 6.92 Å². The van der Waals surface area contributed by atoms with Crippen LogP contribution >= 0.6 is 0 Å². The summed E-state index contributed by atoms with van der Waals surface area (Å²) in [5.74, 6) is 0.566. The zero-order valence-corrected chi connectivity index (χ0v) is 12.6. The van der Waals surface area contributed by atoms with Crippen LogP contribution in [0.2, 0.25) is 0 Å². The van der Waals surface area contributed by atoms with E-state index in [4.69, 9.17) is 4.74 Å². The van der Waals surface area contributed by atoms with Gasteiger partial charge in [0.15, 0.2) is 0 Å². The van der Waals surface area contributed by atoms with Crippen molar-refractivity contribution >= 4 is 18.2 Å². The number of amides is 1. The summed E-state index contributed by atoms with van der Waals surface area (Å²) < 4.78 is 5.25. The molecule has 0 fully saturated rings. The first-order valence-corrected chi connectivity index (χ1v) is 6.91. The molecule has 0 saturated carbocycles. The number of hydrogen-bond acceptors (Lipinski definition) is 3. The Morgan fingerprint density at radius 3 is 2.64 bits per heavy atom. The first-order valence-electron chi connectivity index (χ1n) is 6.91. The lowest BCUT2D eigenvalue weighted by atomic mass is 10.1. The molecule has 0 spiro atoms. The molecule has 0 aliphatic rings. The number of nitrogens with zero attached hydrogens (tertiary/aromatic N) is 1. The van der Waals surface area contributed by atoms with Gasteiger partial charge >= 0.3 is 0 Å². The van der Waals surface area contributed by atoms with E-state index in [2.05, 4.69) is 10.5 Å². The summed E-state index contributed by atoms with van der Waals surface area (Å²) in [6.45, 7) is 1.89. The molecule has 0 atom stereocenters. The summed E-state index contributed by atoms with van der Waals surface area (Å²) in [5, 5.41) is 3.91. The average Bonchev–Trinajstić information content (AvgIpc) is 2.55. The second kappa shape index (κ2) is 7.78. The smallest absolute Gasteiger partial charge is 0.271 e. The molecule has 1 N–H and O–H groups in total. The number of nitrogens with one attached hydrogen (secondary N) is 1. The fourth-order valence-electron chi connectivity index (χ4n) is 1.98. The van der Waals surface area contributed by atoms with E-state index in [-0.39, 0.29) is 5.91 Å². The Labute approximate surface area is 130 Å². The lowest BCUT2D eigenvalue weighted by Crippen LogP contribution is -2.18. The number of hydrazone groups is 1. The van der Waals surface area contributed by atoms with Gasteiger partial charge in [-0.05, 0) is 36.8 Å². The van der Waals surface area contributed by atoms with E-state index in [1.165, 1.54) is 6.21 Å². The van der Waals surface area contributed by atoms with Gasteiger partial charge in [0.1, 0.15) is 5.75 Å². The molecule has 22 heavy (non-hydrogen) atoms. The van der Waals surface area contributed by atoms with Crippen LogP contribution in [0.15, 0.2) is 59.7 Å². The topological polar surface area (TPSA) is 50.7 Å². The van der Waals surface area contributed by atoms with Gasteiger partial charge in [0, 0.05) is 17.3 Å². The fraction of sp³-hybridized carbons (Fsp3) is 0.111. The van der Waals surface area contributed by atoms with E-state index in [1.54, 1.807) is 19.3 Å². The third kappa shape index (κ3) is 4.06. The largest absolute Gasteiger partial charge is 0.496 e. The number of carbonyl (C=O) groups excluding carboxylic acids is 1. The lowest BCUT2D eigenvalue weighted by molar-refractivity contribution is 0.0954. The van der Waals surface area contributed by atoms with Gasteiger partial charge < -0.3 is 4.74 Å². The van der Waals surface area contributed by atoms with E-state index in [0.717, 1.165) is 16.9 Å². The molecule has 1 amide bonds. The standard InChI is InChI=1S/C18H18N2O2/c1-14-8-3-5-11-16(14)18(21)20-19-13-7-10-15-9-4-6-12-17(15)22-2/h3-13H,1-2H3,(H,20,21)/b10-7+,19-13-. The van der Waals surface area contributed by atoms with Gasteiger partial charge in [-0.3, -0.25) is 4.79 Å². The number of rotatable bonds is 5. The van der Waals surface area contributed by atoms with Crippen LogP contribution in [-0.2, 0) is 0 Å². The van der Waals surface area contributed by atoms with Gasteiger partial charge in [0.2, 0.25) is 0 Å². The van der Waals surface area contributed by atoms with Crippen molar-refractivity contribution in [3.05, 3.63) is 71.3 Å². The van der Waals surface area contributed by atoms with Crippen LogP contribution in [0.25, 0.3) is 6.08 Å². The number of allylic oxidation sites excluding steroid dienone is 1. The quantitative estimate of drug-likeness (QED) is 0.678. The van der Waals surface area contributed by atoms with E-state index in [9.17, 15) is 4.79 Å². The van der Waals surface area contributed by atoms with E-state index in [0.29, 0.717) is 5.56 Å². The van der Waals surface area contributed by atoms with Crippen LogP contribution in [0.5, 0.6) is 5.75 Å². The zero-order chi connectivity index (χ0) is 15.8. The van der Waals surface area contributed by atoms with Crippen molar-refractivity contribution in [3.8, 4) is 5.75 Å². The highest BCUT2D eigenvalue weighted by atomic mass is 16.5. The predicted octanol–water partition coefficient (Wildman–Crippen LogP) is 3.43. The van der Waals surface area contributed by atoms with Gasteiger partial charge in [0.05, 0.1) is 7.11 Å². The van der Waals surface area contributed by atoms with Gasteiger partial charge in [-0.15, -0.1) is 0 Å². The highest BCUT2D eigenvalue weighted by Crippen LogP contribution is 2.18. The number of aryl methyl sites for hydroxylation is 1. The minimum atomic E-state index is -0.222. The second-order valence-electron chi connectivity index (χ2n) is 4.64. The molecule has 0 aliphatic heterocycles. The summed E-state index contributed by atoms with van der Waals surface area (Å²) in [7, 11) is 1.63. The zero-order valence-electron chi connectivity index (χ0n) is 12.6. The Bertz CT molecular complexity index is 706. The summed E-state index contributed by atoms with van der Waals surface area (Å²) in [6, 6.07) is 15.0. The predicted molar refractivity (Wildman–Crippen MR) is 89.2 cm³/mol. The van der Waals surface area contributed by atoms with Crippen molar-refractivity contribution in [1.82, 2.24) is 5.43 Å². The Kier molecular flexibility index (Phi) is 5.49. The minimum Gasteiger partial charge on any atom is -0.496 e. The van der Waals surface area contributed by atoms with Gasteiger partial charge in [-0.1, -0.05) is 36.4 Å². The lowest BCUT2D eigenvalue weighted by Gasteiger charge is -2.03. The van der Waals surface area contributed by atoms with E-state index < -0.39 is 0 Å². The van der Waals surface area contributed by atoms with Crippen molar-refractivity contribution in [2.24, 2.45) is 5.10 Å². The number of benzene rings is 2. The molecule has 2 aromatic rings. The first kappa shape index (κ1) is 15.5. The molecule has 0 bridgehead atoms. The SMILES string of the molecule is COc1ccccc1/C=C/C=N\NC(=O)c1ccccc1C. The van der Waals surface area contributed by atoms with Gasteiger partial charge in [-0.25, -0.2) is 5.43 Å². The third-order valence-electron chi connectivity index (χ3n) is 3.13. The van der Waals surface area contributed by atoms with Crippen molar-refractivity contribution in [2.75, 3.05) is 7.11 Å². The van der Waals surface area contributed by atoms with Crippen LogP contribution in [0, 0.1) is 6.92 Å². The maximum absolute atomic E-state index is 11.9. The molecular formula is C18H18N2O2. The molecule has 4 nitrogen and oxygen atoms in total. The second-order valence-corrected chi connectivity index (χ2v) is 4.64. The highest BCUT2D eigenvalue weighted by Gasteiger charge is 2.05. The minimum absolute atomic E-state index is 0.222. The highest BCUT2D eigenvalue weighted by molar-refractivity contribution is 5.96. The normalized spacial score (nSPS) is 11.0. The Morgan fingerprint density at radius 2 is 1.86 bits per heavy atom. The number of ether oxygens (including phenoxy) is 1. The van der Waals surface area contributed by atoms with Crippen molar-refractivity contribution in [1.29, 1.82) is 0 Å². The summed E-state index contributed by atoms with van der Waals surface area (Å²) in [6.07, 6.45) is 5.14. The molecular weight excluding hydrogens is 276 g/mol. The van der Waals surface area contributed by atoms with Crippen molar-refractivity contribution < 1.29 is 9.53 Å². The van der Waals surface area contributed by atoms with Crippen LogP contribution < -0.4 is 10.2 Å². The number of methoxy groups -OCH3 is 1. The monoisotopic (exact) mass is 294 g/mol.